The lowest BCUT2D eigenvalue weighted by Gasteiger charge is -2.16. The number of epoxide rings is 1. The van der Waals surface area contributed by atoms with Crippen molar-refractivity contribution in [3.63, 3.8) is 0 Å². The Kier molecular flexibility index (Phi) is 4.11. The van der Waals surface area contributed by atoms with Gasteiger partial charge in [0.05, 0.1) is 12.7 Å². The summed E-state index contributed by atoms with van der Waals surface area (Å²) >= 11 is 1.14. The SMILES string of the molecule is C=CC(=O)N(SCC1CO1)C(=O)C(=C)C. The first-order valence-electron chi connectivity index (χ1n) is 4.47. The standard InChI is InChI=1S/C10H13NO3S/c1-4-9(12)11(10(13)7(2)3)15-6-8-5-14-8/h4,8H,1-2,5-6H2,3H3. The molecule has 0 spiro atoms. The third-order valence-corrected chi connectivity index (χ3v) is 2.84. The van der Waals surface area contributed by atoms with Crippen LogP contribution < -0.4 is 0 Å². The first kappa shape index (κ1) is 12.0. The average molecular weight is 227 g/mol. The van der Waals surface area contributed by atoms with Gasteiger partial charge in [0.15, 0.2) is 0 Å². The highest BCUT2D eigenvalue weighted by Crippen LogP contribution is 2.21. The minimum Gasteiger partial charge on any atom is -0.372 e. The Balaban J connectivity index is 2.57. The van der Waals surface area contributed by atoms with Gasteiger partial charge in [-0.25, -0.2) is 4.31 Å². The van der Waals surface area contributed by atoms with Crippen LogP contribution in [-0.4, -0.2) is 34.6 Å². The zero-order valence-corrected chi connectivity index (χ0v) is 9.38. The summed E-state index contributed by atoms with van der Waals surface area (Å²) in [5.41, 5.74) is 0.328. The number of carbonyl (C=O) groups is 2. The van der Waals surface area contributed by atoms with Gasteiger partial charge in [0, 0.05) is 11.3 Å². The molecule has 0 aromatic carbocycles. The van der Waals surface area contributed by atoms with Gasteiger partial charge in [0.25, 0.3) is 11.8 Å². The molecule has 1 fully saturated rings. The second kappa shape index (κ2) is 5.14. The molecule has 2 amide bonds. The zero-order chi connectivity index (χ0) is 11.4. The van der Waals surface area contributed by atoms with Gasteiger partial charge in [-0.3, -0.25) is 9.59 Å². The summed E-state index contributed by atoms with van der Waals surface area (Å²) in [5.74, 6) is -0.210. The Morgan fingerprint density at radius 3 is 2.67 bits per heavy atom. The minimum atomic E-state index is -0.423. The topological polar surface area (TPSA) is 49.9 Å². The van der Waals surface area contributed by atoms with Crippen molar-refractivity contribution >= 4 is 23.8 Å². The van der Waals surface area contributed by atoms with E-state index in [4.69, 9.17) is 4.74 Å². The first-order chi connectivity index (χ1) is 7.06. The van der Waals surface area contributed by atoms with Crippen molar-refractivity contribution in [2.75, 3.05) is 12.4 Å². The Morgan fingerprint density at radius 1 is 1.67 bits per heavy atom. The normalized spacial score (nSPS) is 18.1. The van der Waals surface area contributed by atoms with E-state index < -0.39 is 5.91 Å². The molecule has 4 nitrogen and oxygen atoms in total. The van der Waals surface area contributed by atoms with Gasteiger partial charge >= 0.3 is 0 Å². The summed E-state index contributed by atoms with van der Waals surface area (Å²) in [6.07, 6.45) is 1.27. The Hall–Kier alpha value is -1.07. The molecule has 0 radical (unpaired) electrons. The molecule has 1 aliphatic rings. The van der Waals surface area contributed by atoms with Crippen molar-refractivity contribution in [3.05, 3.63) is 24.8 Å². The predicted octanol–water partition coefficient (Wildman–Crippen LogP) is 1.15. The lowest BCUT2D eigenvalue weighted by Crippen LogP contribution is -2.30. The monoisotopic (exact) mass is 227 g/mol. The van der Waals surface area contributed by atoms with Crippen molar-refractivity contribution in [2.24, 2.45) is 0 Å². The number of imide groups is 1. The van der Waals surface area contributed by atoms with Crippen LogP contribution >= 0.6 is 11.9 Å². The number of hydrogen-bond acceptors (Lipinski definition) is 4. The van der Waals surface area contributed by atoms with E-state index in [2.05, 4.69) is 13.2 Å². The van der Waals surface area contributed by atoms with Crippen LogP contribution in [0.5, 0.6) is 0 Å². The lowest BCUT2D eigenvalue weighted by molar-refractivity contribution is -0.132. The van der Waals surface area contributed by atoms with Crippen LogP contribution in [0.15, 0.2) is 24.8 Å². The summed E-state index contributed by atoms with van der Waals surface area (Å²) < 4.78 is 6.06. The van der Waals surface area contributed by atoms with Crippen LogP contribution in [0.1, 0.15) is 6.92 Å². The molecule has 1 heterocycles. The van der Waals surface area contributed by atoms with E-state index >= 15 is 0 Å². The highest BCUT2D eigenvalue weighted by Gasteiger charge is 2.27. The third-order valence-electron chi connectivity index (χ3n) is 1.72. The largest absolute Gasteiger partial charge is 0.372 e. The fraction of sp³-hybridized carbons (Fsp3) is 0.400. The van der Waals surface area contributed by atoms with Gasteiger partial charge in [-0.2, -0.15) is 0 Å². The van der Waals surface area contributed by atoms with Crippen LogP contribution in [0.4, 0.5) is 0 Å². The molecule has 1 rings (SSSR count). The van der Waals surface area contributed by atoms with Crippen molar-refractivity contribution < 1.29 is 14.3 Å². The molecule has 0 bridgehead atoms. The summed E-state index contributed by atoms with van der Waals surface area (Å²) in [6, 6.07) is 0. The summed E-state index contributed by atoms with van der Waals surface area (Å²) in [5, 5.41) is 0. The lowest BCUT2D eigenvalue weighted by atomic mass is 10.3. The molecule has 15 heavy (non-hydrogen) atoms. The third kappa shape index (κ3) is 3.53. The van der Waals surface area contributed by atoms with Gasteiger partial charge in [0.2, 0.25) is 0 Å². The molecule has 82 valence electrons. The van der Waals surface area contributed by atoms with E-state index in [9.17, 15) is 9.59 Å². The number of nitrogens with zero attached hydrogens (tertiary/aromatic N) is 1. The van der Waals surface area contributed by atoms with Gasteiger partial charge in [-0.15, -0.1) is 0 Å². The Bertz CT molecular complexity index is 310. The second-order valence-electron chi connectivity index (χ2n) is 3.17. The smallest absolute Gasteiger partial charge is 0.265 e. The zero-order valence-electron chi connectivity index (χ0n) is 8.56. The summed E-state index contributed by atoms with van der Waals surface area (Å²) in [4.78, 5) is 22.9. The average Bonchev–Trinajstić information content (AvgIpc) is 3.00. The number of rotatable bonds is 5. The van der Waals surface area contributed by atoms with E-state index in [1.807, 2.05) is 0 Å². The fourth-order valence-electron chi connectivity index (χ4n) is 0.801. The molecular weight excluding hydrogens is 214 g/mol. The maximum absolute atomic E-state index is 11.6. The molecular formula is C10H13NO3S. The Morgan fingerprint density at radius 2 is 2.27 bits per heavy atom. The maximum atomic E-state index is 11.6. The van der Waals surface area contributed by atoms with Crippen molar-refractivity contribution in [1.29, 1.82) is 0 Å². The van der Waals surface area contributed by atoms with E-state index in [1.165, 1.54) is 0 Å². The summed E-state index contributed by atoms with van der Waals surface area (Å²) in [7, 11) is 0. The van der Waals surface area contributed by atoms with E-state index in [-0.39, 0.29) is 12.0 Å². The molecule has 1 saturated heterocycles. The van der Waals surface area contributed by atoms with Crippen LogP contribution in [0.3, 0.4) is 0 Å². The van der Waals surface area contributed by atoms with Crippen molar-refractivity contribution in [3.8, 4) is 0 Å². The molecule has 0 aromatic rings. The number of carbonyl (C=O) groups excluding carboxylic acids is 2. The second-order valence-corrected chi connectivity index (χ2v) is 4.13. The number of amides is 2. The molecule has 0 saturated carbocycles. The van der Waals surface area contributed by atoms with Crippen LogP contribution in [0, 0.1) is 0 Å². The molecule has 1 atom stereocenters. The molecule has 0 aromatic heterocycles. The van der Waals surface area contributed by atoms with Gasteiger partial charge in [0.1, 0.15) is 0 Å². The molecule has 1 unspecified atom stereocenters. The molecule has 0 N–H and O–H groups in total. The van der Waals surface area contributed by atoms with Crippen LogP contribution in [0.2, 0.25) is 0 Å². The first-order valence-corrected chi connectivity index (χ1v) is 5.41. The van der Waals surface area contributed by atoms with Crippen molar-refractivity contribution in [1.82, 2.24) is 4.31 Å². The van der Waals surface area contributed by atoms with Crippen LogP contribution in [0.25, 0.3) is 0 Å². The molecule has 0 aliphatic carbocycles. The molecule has 1 aliphatic heterocycles. The quantitative estimate of drug-likeness (QED) is 0.401. The van der Waals surface area contributed by atoms with Gasteiger partial charge < -0.3 is 4.74 Å². The highest BCUT2D eigenvalue weighted by molar-refractivity contribution is 7.98. The fourth-order valence-corrected chi connectivity index (χ4v) is 1.78. The van der Waals surface area contributed by atoms with Crippen LogP contribution in [-0.2, 0) is 14.3 Å². The van der Waals surface area contributed by atoms with E-state index in [0.717, 1.165) is 22.3 Å². The Labute approximate surface area is 93.1 Å². The maximum Gasteiger partial charge on any atom is 0.265 e. The summed E-state index contributed by atoms with van der Waals surface area (Å²) in [6.45, 7) is 9.13. The number of hydrogen-bond donors (Lipinski definition) is 0. The van der Waals surface area contributed by atoms with Gasteiger partial charge in [-0.05, 0) is 24.9 Å². The van der Waals surface area contributed by atoms with Crippen molar-refractivity contribution in [2.45, 2.75) is 13.0 Å². The number of ether oxygens (including phenoxy) is 1. The van der Waals surface area contributed by atoms with Gasteiger partial charge in [-0.1, -0.05) is 13.2 Å². The highest BCUT2D eigenvalue weighted by atomic mass is 32.2. The molecule has 5 heteroatoms. The van der Waals surface area contributed by atoms with E-state index in [0.29, 0.717) is 17.9 Å². The van der Waals surface area contributed by atoms with E-state index in [1.54, 1.807) is 6.92 Å². The minimum absolute atomic E-state index is 0.160. The predicted molar refractivity (Wildman–Crippen MR) is 59.1 cm³/mol.